The lowest BCUT2D eigenvalue weighted by Gasteiger charge is -2.35. The quantitative estimate of drug-likeness (QED) is 0.482. The zero-order valence-electron chi connectivity index (χ0n) is 22.1. The fraction of sp³-hybridized carbons (Fsp3) is 0.500. The predicted molar refractivity (Wildman–Crippen MR) is 139 cm³/mol. The molecule has 0 aromatic carbocycles. The smallest absolute Gasteiger partial charge is 0.409 e. The first-order valence-electron chi connectivity index (χ1n) is 12.4. The maximum atomic E-state index is 13.1. The second kappa shape index (κ2) is 11.3. The van der Waals surface area contributed by atoms with E-state index < -0.39 is 11.9 Å². The first-order valence-corrected chi connectivity index (χ1v) is 12.8. The van der Waals surface area contributed by atoms with Crippen molar-refractivity contribution >= 4 is 35.2 Å². The summed E-state index contributed by atoms with van der Waals surface area (Å²) >= 11 is 6.21. The van der Waals surface area contributed by atoms with Gasteiger partial charge in [-0.25, -0.2) is 9.48 Å². The number of anilines is 1. The minimum absolute atomic E-state index is 0.114. The molecule has 13 nitrogen and oxygen atoms in total. The molecule has 1 aliphatic heterocycles. The van der Waals surface area contributed by atoms with Crippen LogP contribution < -0.4 is 5.32 Å². The molecule has 0 bridgehead atoms. The van der Waals surface area contributed by atoms with Crippen molar-refractivity contribution in [2.24, 2.45) is 0 Å². The van der Waals surface area contributed by atoms with Crippen LogP contribution in [0.1, 0.15) is 47.5 Å². The van der Waals surface area contributed by atoms with Crippen molar-refractivity contribution in [1.82, 2.24) is 39.1 Å². The monoisotopic (exact) mass is 545 g/mol. The van der Waals surface area contributed by atoms with Crippen molar-refractivity contribution in [2.75, 3.05) is 38.1 Å². The van der Waals surface area contributed by atoms with Gasteiger partial charge in [0, 0.05) is 38.6 Å². The zero-order chi connectivity index (χ0) is 27.6. The van der Waals surface area contributed by atoms with E-state index in [-0.39, 0.29) is 17.7 Å². The molecule has 0 spiro atoms. The fourth-order valence-corrected chi connectivity index (χ4v) is 4.34. The lowest BCUT2D eigenvalue weighted by atomic mass is 10.2. The Hall–Kier alpha value is -3.87. The first-order chi connectivity index (χ1) is 18.1. The highest BCUT2D eigenvalue weighted by atomic mass is 35.5. The van der Waals surface area contributed by atoms with E-state index >= 15 is 0 Å². The number of hydrogen-bond donors (Lipinski definition) is 1. The Bertz CT molecular complexity index is 1340. The van der Waals surface area contributed by atoms with E-state index in [4.69, 9.17) is 16.3 Å². The van der Waals surface area contributed by atoms with Crippen molar-refractivity contribution in [3.63, 3.8) is 0 Å². The number of piperazine rings is 1. The van der Waals surface area contributed by atoms with Gasteiger partial charge in [-0.2, -0.15) is 15.3 Å². The van der Waals surface area contributed by atoms with Gasteiger partial charge < -0.3 is 19.9 Å². The molecular formula is C24H32ClN9O4. The molecule has 0 radical (unpaired) electrons. The number of carbonyl (C=O) groups excluding carboxylic acids is 3. The summed E-state index contributed by atoms with van der Waals surface area (Å²) in [5.74, 6) is -0.510. The molecule has 1 aliphatic rings. The van der Waals surface area contributed by atoms with Gasteiger partial charge in [0.15, 0.2) is 5.69 Å². The molecule has 14 heteroatoms. The van der Waals surface area contributed by atoms with Crippen LogP contribution in [0.3, 0.4) is 0 Å². The van der Waals surface area contributed by atoms with Crippen LogP contribution in [0.25, 0.3) is 0 Å². The molecule has 1 unspecified atom stereocenters. The van der Waals surface area contributed by atoms with Crippen LogP contribution in [0.4, 0.5) is 10.5 Å². The number of rotatable bonds is 7. The summed E-state index contributed by atoms with van der Waals surface area (Å²) < 4.78 is 9.89. The highest BCUT2D eigenvalue weighted by Gasteiger charge is 2.29. The van der Waals surface area contributed by atoms with Gasteiger partial charge in [0.2, 0.25) is 5.91 Å². The van der Waals surface area contributed by atoms with E-state index in [1.165, 1.54) is 4.68 Å². The number of aryl methyl sites for hydroxylation is 2. The SMILES string of the molecule is CCOC(=O)N1CCN(C(=O)C(C)n2cc(NC(=O)c3ccn(Cn4nc(C)c(Cl)c4C)n3)c(C)n2)CC1. The van der Waals surface area contributed by atoms with E-state index in [0.717, 1.165) is 11.4 Å². The maximum absolute atomic E-state index is 13.1. The Morgan fingerprint density at radius 1 is 1.05 bits per heavy atom. The second-order valence-electron chi connectivity index (χ2n) is 9.12. The van der Waals surface area contributed by atoms with Gasteiger partial charge in [-0.05, 0) is 40.7 Å². The Labute approximate surface area is 225 Å². The molecule has 3 aromatic rings. The lowest BCUT2D eigenvalue weighted by molar-refractivity contribution is -0.136. The second-order valence-corrected chi connectivity index (χ2v) is 9.49. The average Bonchev–Trinajstić information content (AvgIpc) is 3.58. The zero-order valence-corrected chi connectivity index (χ0v) is 22.9. The molecule has 0 saturated carbocycles. The summed E-state index contributed by atoms with van der Waals surface area (Å²) in [4.78, 5) is 41.2. The Kier molecular flexibility index (Phi) is 8.05. The minimum atomic E-state index is -0.583. The summed E-state index contributed by atoms with van der Waals surface area (Å²) in [7, 11) is 0. The number of aromatic nitrogens is 6. The van der Waals surface area contributed by atoms with Crippen LogP contribution in [0.15, 0.2) is 18.5 Å². The van der Waals surface area contributed by atoms with E-state index in [9.17, 15) is 14.4 Å². The number of ether oxygens (including phenoxy) is 1. The van der Waals surface area contributed by atoms with Crippen LogP contribution in [0.5, 0.6) is 0 Å². The Morgan fingerprint density at radius 3 is 2.37 bits per heavy atom. The molecular weight excluding hydrogens is 514 g/mol. The standard InChI is InChI=1S/C24H32ClN9O4/c1-6-38-24(37)31-11-9-30(10-12-31)23(36)18(5)33-13-20(15(2)27-33)26-22(35)19-7-8-32(29-19)14-34-17(4)21(25)16(3)28-34/h7-8,13,18H,6,9-12,14H2,1-5H3,(H,26,35). The van der Waals surface area contributed by atoms with E-state index in [1.807, 2.05) is 13.8 Å². The summed E-state index contributed by atoms with van der Waals surface area (Å²) in [6.45, 7) is 11.3. The molecule has 38 heavy (non-hydrogen) atoms. The number of halogens is 1. The molecule has 204 valence electrons. The van der Waals surface area contributed by atoms with Gasteiger partial charge in [-0.1, -0.05) is 11.6 Å². The summed E-state index contributed by atoms with van der Waals surface area (Å²) in [5.41, 5.74) is 2.84. The molecule has 3 amide bonds. The Balaban J connectivity index is 1.36. The molecule has 1 saturated heterocycles. The molecule has 1 fully saturated rings. The van der Waals surface area contributed by atoms with Gasteiger partial charge in [0.25, 0.3) is 5.91 Å². The first kappa shape index (κ1) is 27.2. The third kappa shape index (κ3) is 5.67. The topological polar surface area (TPSA) is 132 Å². The van der Waals surface area contributed by atoms with Crippen molar-refractivity contribution in [3.05, 3.63) is 46.3 Å². The molecule has 3 aromatic heterocycles. The van der Waals surface area contributed by atoms with Crippen molar-refractivity contribution in [2.45, 2.75) is 47.3 Å². The third-order valence-corrected chi connectivity index (χ3v) is 7.03. The average molecular weight is 546 g/mol. The number of nitrogens with zero attached hydrogens (tertiary/aromatic N) is 8. The third-order valence-electron chi connectivity index (χ3n) is 6.48. The van der Waals surface area contributed by atoms with Crippen molar-refractivity contribution < 1.29 is 19.1 Å². The lowest BCUT2D eigenvalue weighted by Crippen LogP contribution is -2.52. The van der Waals surface area contributed by atoms with Gasteiger partial charge in [0.05, 0.1) is 34.4 Å². The largest absolute Gasteiger partial charge is 0.450 e. The predicted octanol–water partition coefficient (Wildman–Crippen LogP) is 2.47. The molecule has 1 N–H and O–H groups in total. The van der Waals surface area contributed by atoms with Gasteiger partial charge >= 0.3 is 6.09 Å². The number of nitrogens with one attached hydrogen (secondary N) is 1. The maximum Gasteiger partial charge on any atom is 0.409 e. The number of hydrogen-bond acceptors (Lipinski definition) is 7. The normalized spacial score (nSPS) is 14.5. The Morgan fingerprint density at radius 2 is 1.74 bits per heavy atom. The van der Waals surface area contributed by atoms with Crippen LogP contribution in [-0.2, 0) is 16.2 Å². The summed E-state index contributed by atoms with van der Waals surface area (Å²) in [5, 5.41) is 16.6. The molecule has 1 atom stereocenters. The highest BCUT2D eigenvalue weighted by molar-refractivity contribution is 6.31. The fourth-order valence-electron chi connectivity index (χ4n) is 4.20. The van der Waals surface area contributed by atoms with E-state index in [0.29, 0.717) is 55.9 Å². The van der Waals surface area contributed by atoms with Crippen molar-refractivity contribution in [1.29, 1.82) is 0 Å². The summed E-state index contributed by atoms with van der Waals surface area (Å²) in [6, 6.07) is 1.03. The van der Waals surface area contributed by atoms with Gasteiger partial charge in [0.1, 0.15) is 12.7 Å². The van der Waals surface area contributed by atoms with Crippen LogP contribution in [0, 0.1) is 20.8 Å². The number of carbonyl (C=O) groups is 3. The molecule has 4 rings (SSSR count). The van der Waals surface area contributed by atoms with E-state index in [1.54, 1.807) is 58.4 Å². The van der Waals surface area contributed by atoms with E-state index in [2.05, 4.69) is 20.6 Å². The minimum Gasteiger partial charge on any atom is -0.450 e. The summed E-state index contributed by atoms with van der Waals surface area (Å²) in [6.07, 6.45) is 2.97. The van der Waals surface area contributed by atoms with Crippen LogP contribution >= 0.6 is 11.6 Å². The molecule has 0 aliphatic carbocycles. The van der Waals surface area contributed by atoms with Gasteiger partial charge in [-0.3, -0.25) is 19.0 Å². The highest BCUT2D eigenvalue weighted by Crippen LogP contribution is 2.20. The number of amides is 3. The molecule has 4 heterocycles. The van der Waals surface area contributed by atoms with Crippen LogP contribution in [-0.4, -0.2) is 89.8 Å². The van der Waals surface area contributed by atoms with Crippen molar-refractivity contribution in [3.8, 4) is 0 Å². The van der Waals surface area contributed by atoms with Gasteiger partial charge in [-0.15, -0.1) is 0 Å². The van der Waals surface area contributed by atoms with Crippen LogP contribution in [0.2, 0.25) is 5.02 Å².